The van der Waals surface area contributed by atoms with Crippen molar-refractivity contribution in [3.05, 3.63) is 69.8 Å². The first-order chi connectivity index (χ1) is 15.8. The molecule has 8 bridgehead atoms. The van der Waals surface area contributed by atoms with E-state index >= 15 is 0 Å². The Labute approximate surface area is 191 Å². The van der Waals surface area contributed by atoms with Gasteiger partial charge in [0.15, 0.2) is 0 Å². The Kier molecular flexibility index (Phi) is 5.01. The number of H-pyrrole nitrogens is 2. The van der Waals surface area contributed by atoms with Gasteiger partial charge >= 0.3 is 5.97 Å². The molecule has 0 radical (unpaired) electrons. The molecule has 0 spiro atoms. The van der Waals surface area contributed by atoms with Crippen LogP contribution in [0.5, 0.6) is 0 Å². The molecule has 5 heterocycles. The number of fused-ring (bicyclic) bond motifs is 8. The van der Waals surface area contributed by atoms with Gasteiger partial charge < -0.3 is 15.1 Å². The fourth-order valence-electron chi connectivity index (χ4n) is 4.60. The van der Waals surface area contributed by atoms with Crippen LogP contribution < -0.4 is 0 Å². The average molecular weight is 439 g/mol. The molecule has 0 atom stereocenters. The molecule has 0 saturated heterocycles. The smallest absolute Gasteiger partial charge is 0.303 e. The van der Waals surface area contributed by atoms with Crippen LogP contribution in [0.25, 0.3) is 45.4 Å². The number of carboxylic acid groups (broad SMARTS) is 1. The summed E-state index contributed by atoms with van der Waals surface area (Å²) in [7, 11) is 0. The maximum absolute atomic E-state index is 11.3. The first-order valence-electron chi connectivity index (χ1n) is 11.1. The van der Waals surface area contributed by atoms with Gasteiger partial charge in [0.05, 0.1) is 22.8 Å². The number of allylic oxidation sites excluding steroid dienone is 2. The number of aryl methyl sites for hydroxylation is 3. The number of nitrogens with zero attached hydrogens (tertiary/aromatic N) is 2. The van der Waals surface area contributed by atoms with Gasteiger partial charge in [-0.25, -0.2) is 9.97 Å². The van der Waals surface area contributed by atoms with Gasteiger partial charge in [-0.15, -0.1) is 0 Å². The minimum absolute atomic E-state index is 0.0757. The molecule has 6 nitrogen and oxygen atoms in total. The molecular formula is C27H26N4O2. The number of nitrogens with one attached hydrogen (secondary N) is 2. The first kappa shape index (κ1) is 20.9. The number of rotatable bonds is 3. The van der Waals surface area contributed by atoms with Gasteiger partial charge in [-0.2, -0.15) is 0 Å². The van der Waals surface area contributed by atoms with Crippen molar-refractivity contribution in [3.8, 4) is 0 Å². The largest absolute Gasteiger partial charge is 0.481 e. The lowest BCUT2D eigenvalue weighted by Crippen LogP contribution is -1.98. The summed E-state index contributed by atoms with van der Waals surface area (Å²) in [6.07, 6.45) is 4.49. The highest BCUT2D eigenvalue weighted by Crippen LogP contribution is 2.33. The molecular weight excluding hydrogens is 412 g/mol. The molecule has 3 aromatic rings. The highest BCUT2D eigenvalue weighted by atomic mass is 16.4. The Morgan fingerprint density at radius 2 is 1.58 bits per heavy atom. The Morgan fingerprint density at radius 1 is 0.879 bits per heavy atom. The molecule has 0 saturated carbocycles. The van der Waals surface area contributed by atoms with E-state index in [0.29, 0.717) is 6.42 Å². The summed E-state index contributed by atoms with van der Waals surface area (Å²) >= 11 is 0. The predicted octanol–water partition coefficient (Wildman–Crippen LogP) is 6.07. The van der Waals surface area contributed by atoms with Crippen LogP contribution in [0.4, 0.5) is 0 Å². The van der Waals surface area contributed by atoms with E-state index in [0.717, 1.165) is 72.7 Å². The number of carbonyl (C=O) groups is 1. The Balaban J connectivity index is 1.90. The van der Waals surface area contributed by atoms with Crippen LogP contribution >= 0.6 is 0 Å². The predicted molar refractivity (Wildman–Crippen MR) is 134 cm³/mol. The molecule has 2 aliphatic heterocycles. The summed E-state index contributed by atoms with van der Waals surface area (Å²) in [6.45, 7) is 8.33. The third-order valence-electron chi connectivity index (χ3n) is 6.57. The fourth-order valence-corrected chi connectivity index (χ4v) is 4.60. The second-order valence-electron chi connectivity index (χ2n) is 8.73. The van der Waals surface area contributed by atoms with Crippen LogP contribution in [0.3, 0.4) is 0 Å². The van der Waals surface area contributed by atoms with Crippen molar-refractivity contribution in [1.82, 2.24) is 19.9 Å². The lowest BCUT2D eigenvalue weighted by molar-refractivity contribution is -0.136. The molecule has 0 amide bonds. The maximum atomic E-state index is 11.3. The van der Waals surface area contributed by atoms with Crippen molar-refractivity contribution in [2.75, 3.05) is 0 Å². The molecule has 0 fully saturated rings. The van der Waals surface area contributed by atoms with Crippen LogP contribution in [0.15, 0.2) is 30.3 Å². The zero-order chi connectivity index (χ0) is 23.3. The van der Waals surface area contributed by atoms with Gasteiger partial charge in [-0.05, 0) is 104 Å². The minimum Gasteiger partial charge on any atom is -0.481 e. The highest BCUT2D eigenvalue weighted by Gasteiger charge is 2.18. The maximum Gasteiger partial charge on any atom is 0.303 e. The number of aromatic amines is 2. The fraction of sp³-hybridized carbons (Fsp3) is 0.222. The molecule has 0 aromatic carbocycles. The van der Waals surface area contributed by atoms with Gasteiger partial charge in [0.2, 0.25) is 0 Å². The molecule has 3 aromatic heterocycles. The van der Waals surface area contributed by atoms with Crippen molar-refractivity contribution >= 4 is 51.3 Å². The SMILES string of the molecule is CC1=C(C)c2nc1cc1ccc(cc3nc(cc4[nH]c(c2C)c(C)c4CCC(=O)O)C=C3)[nH]1. The summed E-state index contributed by atoms with van der Waals surface area (Å²) in [4.78, 5) is 28.0. The van der Waals surface area contributed by atoms with E-state index < -0.39 is 5.97 Å². The van der Waals surface area contributed by atoms with Crippen molar-refractivity contribution in [1.29, 1.82) is 0 Å². The molecule has 6 heteroatoms. The molecule has 2 aliphatic rings. The van der Waals surface area contributed by atoms with Crippen LogP contribution in [0.1, 0.15) is 59.7 Å². The zero-order valence-electron chi connectivity index (χ0n) is 19.2. The van der Waals surface area contributed by atoms with Gasteiger partial charge in [0, 0.05) is 28.5 Å². The van der Waals surface area contributed by atoms with E-state index in [4.69, 9.17) is 9.97 Å². The quantitative estimate of drug-likeness (QED) is 0.362. The average Bonchev–Trinajstić information content (AvgIpc) is 3.52. The number of aliphatic carboxylic acids is 1. The molecule has 3 N–H and O–H groups in total. The number of hydrogen-bond donors (Lipinski definition) is 3. The lowest BCUT2D eigenvalue weighted by Gasteiger charge is -2.02. The van der Waals surface area contributed by atoms with Crippen molar-refractivity contribution in [2.45, 2.75) is 40.5 Å². The summed E-state index contributed by atoms with van der Waals surface area (Å²) in [5, 5.41) is 9.29. The van der Waals surface area contributed by atoms with Crippen molar-refractivity contribution in [3.63, 3.8) is 0 Å². The van der Waals surface area contributed by atoms with E-state index in [-0.39, 0.29) is 6.42 Å². The first-order valence-corrected chi connectivity index (χ1v) is 11.1. The van der Waals surface area contributed by atoms with E-state index in [1.807, 2.05) is 37.3 Å². The molecule has 166 valence electrons. The molecule has 33 heavy (non-hydrogen) atoms. The summed E-state index contributed by atoms with van der Waals surface area (Å²) < 4.78 is 0. The molecule has 5 rings (SSSR count). The van der Waals surface area contributed by atoms with Gasteiger partial charge in [-0.1, -0.05) is 0 Å². The van der Waals surface area contributed by atoms with E-state index in [2.05, 4.69) is 42.9 Å². The summed E-state index contributed by atoms with van der Waals surface area (Å²) in [6, 6.07) is 10.2. The van der Waals surface area contributed by atoms with Gasteiger partial charge in [-0.3, -0.25) is 4.79 Å². The Morgan fingerprint density at radius 3 is 2.30 bits per heavy atom. The standard InChI is InChI=1S/C27H26N4O2/c1-14-15(2)26-17(4)27-16(3)22(9-10-25(32)33)24(31-27)13-21-8-6-19(29-21)11-18-5-7-20(28-18)12-23(14)30-26/h5-8,11-13,28,31H,9-10H2,1-4H3,(H,32,33). The highest BCUT2D eigenvalue weighted by molar-refractivity contribution is 5.93. The van der Waals surface area contributed by atoms with E-state index in [1.165, 1.54) is 0 Å². The second kappa shape index (κ2) is 7.89. The zero-order valence-corrected chi connectivity index (χ0v) is 19.2. The monoisotopic (exact) mass is 438 g/mol. The summed E-state index contributed by atoms with van der Waals surface area (Å²) in [5.41, 5.74) is 12.9. The van der Waals surface area contributed by atoms with Gasteiger partial charge in [0.1, 0.15) is 0 Å². The Hall–Kier alpha value is -3.93. The van der Waals surface area contributed by atoms with Crippen LogP contribution in [-0.4, -0.2) is 31.0 Å². The third kappa shape index (κ3) is 3.78. The van der Waals surface area contributed by atoms with Crippen LogP contribution in [0.2, 0.25) is 0 Å². The van der Waals surface area contributed by atoms with E-state index in [9.17, 15) is 9.90 Å². The number of aromatic nitrogens is 4. The Bertz CT molecular complexity index is 1530. The summed E-state index contributed by atoms with van der Waals surface area (Å²) in [5.74, 6) is -0.806. The minimum atomic E-state index is -0.806. The van der Waals surface area contributed by atoms with Gasteiger partial charge in [0.25, 0.3) is 0 Å². The molecule has 0 aliphatic carbocycles. The lowest BCUT2D eigenvalue weighted by atomic mass is 10.0. The number of hydrogen-bond acceptors (Lipinski definition) is 3. The number of carboxylic acids is 1. The van der Waals surface area contributed by atoms with Crippen molar-refractivity contribution in [2.24, 2.45) is 0 Å². The topological polar surface area (TPSA) is 94.7 Å². The molecule has 0 unspecified atom stereocenters. The third-order valence-corrected chi connectivity index (χ3v) is 6.57. The normalized spacial score (nSPS) is 13.1. The van der Waals surface area contributed by atoms with Crippen molar-refractivity contribution < 1.29 is 9.90 Å². The van der Waals surface area contributed by atoms with Crippen LogP contribution in [0, 0.1) is 13.8 Å². The van der Waals surface area contributed by atoms with Crippen LogP contribution in [-0.2, 0) is 11.2 Å². The van der Waals surface area contributed by atoms with E-state index in [1.54, 1.807) is 0 Å². The second-order valence-corrected chi connectivity index (χ2v) is 8.73.